The van der Waals surface area contributed by atoms with Crippen LogP contribution in [-0.2, 0) is 27.2 Å². The Kier molecular flexibility index (Phi) is 6.66. The first kappa shape index (κ1) is 22.0. The molecule has 0 saturated carbocycles. The molecule has 1 amide bonds. The van der Waals surface area contributed by atoms with Crippen molar-refractivity contribution < 1.29 is 14.3 Å². The van der Waals surface area contributed by atoms with Crippen LogP contribution in [0.3, 0.4) is 0 Å². The lowest BCUT2D eigenvalue weighted by molar-refractivity contribution is -0.187. The lowest BCUT2D eigenvalue weighted by Crippen LogP contribution is -2.49. The van der Waals surface area contributed by atoms with Crippen molar-refractivity contribution in [1.29, 1.82) is 0 Å². The van der Waals surface area contributed by atoms with E-state index in [2.05, 4.69) is 28.6 Å². The molecule has 0 atom stereocenters. The molecular weight excluding hydrogens is 436 g/mol. The lowest BCUT2D eigenvalue weighted by atomic mass is 10.0. The van der Waals surface area contributed by atoms with E-state index in [1.807, 2.05) is 46.2 Å². The summed E-state index contributed by atoms with van der Waals surface area (Å²) < 4.78 is 16.2. The van der Waals surface area contributed by atoms with Crippen LogP contribution in [0, 0.1) is 0 Å². The van der Waals surface area contributed by atoms with Crippen LogP contribution in [0.2, 0.25) is 0 Å². The Morgan fingerprint density at radius 3 is 2.27 bits per heavy atom. The van der Waals surface area contributed by atoms with Gasteiger partial charge in [0, 0.05) is 50.4 Å². The fourth-order valence-corrected chi connectivity index (χ4v) is 5.05. The zero-order chi connectivity index (χ0) is 22.5. The highest BCUT2D eigenvalue weighted by Crippen LogP contribution is 2.31. The maximum atomic E-state index is 13.2. The van der Waals surface area contributed by atoms with Gasteiger partial charge in [0.25, 0.3) is 0 Å². The molecule has 33 heavy (non-hydrogen) atoms. The van der Waals surface area contributed by atoms with Crippen molar-refractivity contribution in [2.75, 3.05) is 37.7 Å². The van der Waals surface area contributed by atoms with Gasteiger partial charge in [0.1, 0.15) is 5.82 Å². The van der Waals surface area contributed by atoms with Gasteiger partial charge in [-0.3, -0.25) is 4.79 Å². The van der Waals surface area contributed by atoms with Crippen molar-refractivity contribution in [3.63, 3.8) is 0 Å². The van der Waals surface area contributed by atoms with Crippen molar-refractivity contribution >= 4 is 22.6 Å². The number of piperidine rings is 1. The summed E-state index contributed by atoms with van der Waals surface area (Å²) in [5, 5.41) is 0.772. The number of rotatable bonds is 7. The number of likely N-dealkylation sites (tertiary alicyclic amines) is 1. The van der Waals surface area contributed by atoms with E-state index in [9.17, 15) is 4.79 Å². The number of benzene rings is 2. The molecule has 7 nitrogen and oxygen atoms in total. The van der Waals surface area contributed by atoms with E-state index in [1.54, 1.807) is 0 Å². The number of hydrogen-bond acceptors (Lipinski definition) is 7. The molecule has 2 aliphatic rings. The Morgan fingerprint density at radius 2 is 1.61 bits per heavy atom. The maximum absolute atomic E-state index is 13.2. The number of carbonyl (C=O) groups is 1. The van der Waals surface area contributed by atoms with E-state index in [4.69, 9.17) is 14.5 Å². The zero-order valence-corrected chi connectivity index (χ0v) is 19.4. The van der Waals surface area contributed by atoms with Crippen LogP contribution in [0.5, 0.6) is 0 Å². The average molecular weight is 465 g/mol. The number of aromatic nitrogens is 2. The monoisotopic (exact) mass is 464 g/mol. The largest absolute Gasteiger partial charge is 0.347 e. The third-order valence-corrected chi connectivity index (χ3v) is 6.98. The van der Waals surface area contributed by atoms with Gasteiger partial charge in [-0.2, -0.15) is 4.37 Å². The summed E-state index contributed by atoms with van der Waals surface area (Å²) in [5.41, 5.74) is 2.31. The second kappa shape index (κ2) is 9.99. The molecule has 0 bridgehead atoms. The van der Waals surface area contributed by atoms with Crippen LogP contribution >= 0.6 is 11.5 Å². The third kappa shape index (κ3) is 5.40. The minimum Gasteiger partial charge on any atom is -0.347 e. The van der Waals surface area contributed by atoms with Gasteiger partial charge >= 0.3 is 0 Å². The lowest BCUT2D eigenvalue weighted by Gasteiger charge is -2.38. The minimum absolute atomic E-state index is 0.0959. The first-order valence-corrected chi connectivity index (χ1v) is 12.2. The predicted molar refractivity (Wildman–Crippen MR) is 127 cm³/mol. The predicted octanol–water partition coefficient (Wildman–Crippen LogP) is 3.50. The Bertz CT molecular complexity index is 1040. The molecule has 1 spiro atoms. The molecule has 0 radical (unpaired) electrons. The highest BCUT2D eigenvalue weighted by molar-refractivity contribution is 7.09. The van der Waals surface area contributed by atoms with E-state index in [0.717, 1.165) is 29.4 Å². The van der Waals surface area contributed by atoms with Crippen molar-refractivity contribution in [3.05, 3.63) is 77.6 Å². The molecule has 3 heterocycles. The van der Waals surface area contributed by atoms with Crippen LogP contribution in [0.15, 0.2) is 60.7 Å². The van der Waals surface area contributed by atoms with Crippen molar-refractivity contribution in [1.82, 2.24) is 14.3 Å². The number of carbonyl (C=O) groups excluding carboxylic acids is 1. The third-order valence-electron chi connectivity index (χ3n) is 6.17. The Hall–Kier alpha value is -2.81. The molecular formula is C25H28N4O3S. The summed E-state index contributed by atoms with van der Waals surface area (Å²) in [5.74, 6) is 0.396. The number of anilines is 1. The van der Waals surface area contributed by atoms with Crippen molar-refractivity contribution in [3.8, 4) is 0 Å². The smallest absolute Gasteiger partial charge is 0.242 e. The highest BCUT2D eigenvalue weighted by atomic mass is 32.1. The van der Waals surface area contributed by atoms with Crippen LogP contribution in [0.25, 0.3) is 0 Å². The molecule has 8 heteroatoms. The Balaban J connectivity index is 1.28. The van der Waals surface area contributed by atoms with E-state index in [0.29, 0.717) is 39.3 Å². The second-order valence-corrected chi connectivity index (χ2v) is 9.22. The molecule has 172 valence electrons. The molecule has 5 rings (SSSR count). The number of amides is 1. The molecule has 0 unspecified atom stereocenters. The van der Waals surface area contributed by atoms with Crippen LogP contribution in [-0.4, -0.2) is 58.8 Å². The quantitative estimate of drug-likeness (QED) is 0.533. The van der Waals surface area contributed by atoms with Gasteiger partial charge in [0.2, 0.25) is 11.0 Å². The van der Waals surface area contributed by atoms with E-state index in [1.165, 1.54) is 17.1 Å². The SMILES string of the molecule is O=C(CN(Cc1ccccc1)c1nc(Cc2ccccc2)ns1)N1CCC2(CC1)OCCO2. The van der Waals surface area contributed by atoms with Gasteiger partial charge in [-0.15, -0.1) is 0 Å². The summed E-state index contributed by atoms with van der Waals surface area (Å²) in [6, 6.07) is 20.4. The van der Waals surface area contributed by atoms with Crippen molar-refractivity contribution in [2.45, 2.75) is 31.6 Å². The number of ether oxygens (including phenoxy) is 2. The van der Waals surface area contributed by atoms with Gasteiger partial charge in [0.05, 0.1) is 19.8 Å². The minimum atomic E-state index is -0.480. The fourth-order valence-electron chi connectivity index (χ4n) is 4.36. The van der Waals surface area contributed by atoms with Gasteiger partial charge in [-0.25, -0.2) is 4.98 Å². The summed E-state index contributed by atoms with van der Waals surface area (Å²) in [6.07, 6.45) is 2.12. The molecule has 0 aliphatic carbocycles. The standard InChI is InChI=1S/C25H28N4O3S/c30-23(28-13-11-25(12-14-28)31-15-16-32-25)19-29(18-21-9-5-2-6-10-21)24-26-22(27-33-24)17-20-7-3-1-4-8-20/h1-10H,11-19H2. The Labute approximate surface area is 198 Å². The van der Waals surface area contributed by atoms with E-state index >= 15 is 0 Å². The van der Waals surface area contributed by atoms with Gasteiger partial charge in [-0.1, -0.05) is 60.7 Å². The first-order chi connectivity index (χ1) is 16.2. The van der Waals surface area contributed by atoms with E-state index < -0.39 is 5.79 Å². The maximum Gasteiger partial charge on any atom is 0.242 e. The summed E-state index contributed by atoms with van der Waals surface area (Å²) in [4.78, 5) is 22.0. The van der Waals surface area contributed by atoms with Crippen LogP contribution in [0.4, 0.5) is 5.13 Å². The molecule has 2 saturated heterocycles. The number of nitrogens with zero attached hydrogens (tertiary/aromatic N) is 4. The first-order valence-electron chi connectivity index (χ1n) is 11.4. The molecule has 1 aromatic heterocycles. The van der Waals surface area contributed by atoms with Crippen LogP contribution < -0.4 is 4.90 Å². The van der Waals surface area contributed by atoms with Gasteiger partial charge < -0.3 is 19.3 Å². The molecule has 3 aromatic rings. The summed E-state index contributed by atoms with van der Waals surface area (Å²) in [7, 11) is 0. The summed E-state index contributed by atoms with van der Waals surface area (Å²) in [6.45, 7) is 3.45. The van der Waals surface area contributed by atoms with Crippen LogP contribution in [0.1, 0.15) is 29.8 Å². The fraction of sp³-hybridized carbons (Fsp3) is 0.400. The van der Waals surface area contributed by atoms with Crippen molar-refractivity contribution in [2.24, 2.45) is 0 Å². The zero-order valence-electron chi connectivity index (χ0n) is 18.6. The average Bonchev–Trinajstić information content (AvgIpc) is 3.50. The molecule has 2 fully saturated rings. The topological polar surface area (TPSA) is 67.8 Å². The van der Waals surface area contributed by atoms with Gasteiger partial charge in [-0.05, 0) is 11.1 Å². The highest BCUT2D eigenvalue weighted by Gasteiger charge is 2.40. The molecule has 0 N–H and O–H groups in total. The Morgan fingerprint density at radius 1 is 0.970 bits per heavy atom. The normalized spacial score (nSPS) is 17.4. The van der Waals surface area contributed by atoms with E-state index in [-0.39, 0.29) is 12.5 Å². The molecule has 2 aromatic carbocycles. The number of hydrogen-bond donors (Lipinski definition) is 0. The molecule has 2 aliphatic heterocycles. The summed E-state index contributed by atoms with van der Waals surface area (Å²) >= 11 is 1.35. The second-order valence-electron chi connectivity index (χ2n) is 8.49. The van der Waals surface area contributed by atoms with Gasteiger partial charge in [0.15, 0.2) is 5.79 Å².